The Morgan fingerprint density at radius 2 is 1.95 bits per heavy atom. The van der Waals surface area contributed by atoms with Crippen LogP contribution in [-0.4, -0.2) is 12.1 Å². The van der Waals surface area contributed by atoms with Gasteiger partial charge in [0.15, 0.2) is 12.4 Å². The van der Waals surface area contributed by atoms with Crippen LogP contribution in [0.25, 0.3) is 0 Å². The van der Waals surface area contributed by atoms with Gasteiger partial charge in [0.1, 0.15) is 6.10 Å². The lowest BCUT2D eigenvalue weighted by Crippen LogP contribution is -2.42. The lowest BCUT2D eigenvalue weighted by atomic mass is 9.70. The average Bonchev–Trinajstić information content (AvgIpc) is 2.73. The molecule has 2 saturated carbocycles. The van der Waals surface area contributed by atoms with E-state index in [9.17, 15) is 4.79 Å². The summed E-state index contributed by atoms with van der Waals surface area (Å²) in [6.07, 6.45) is 7.38. The monoisotopic (exact) mass is 274 g/mol. The summed E-state index contributed by atoms with van der Waals surface area (Å²) in [5, 5.41) is 0. The number of hydrogen-bond acceptors (Lipinski definition) is 2. The Bertz CT molecular complexity index is 511. The van der Waals surface area contributed by atoms with Gasteiger partial charge in [-0.15, -0.1) is 0 Å². The largest absolute Gasteiger partial charge is 0.457 e. The van der Waals surface area contributed by atoms with Gasteiger partial charge in [-0.3, -0.25) is 0 Å². The Morgan fingerprint density at radius 1 is 1.25 bits per heavy atom. The lowest BCUT2D eigenvalue weighted by molar-refractivity contribution is -0.686. The van der Waals surface area contributed by atoms with E-state index in [1.54, 1.807) is 0 Å². The first-order valence-electron chi connectivity index (χ1n) is 7.57. The minimum Gasteiger partial charge on any atom is -0.457 e. The molecule has 2 aliphatic carbocycles. The number of carbonyl (C=O) groups is 1. The molecule has 0 unspecified atom stereocenters. The Hall–Kier alpha value is -1.38. The van der Waals surface area contributed by atoms with Crippen molar-refractivity contribution >= 4 is 5.97 Å². The molecule has 3 rings (SSSR count). The maximum Gasteiger partial charge on any atom is 0.372 e. The number of ether oxygens (including phenoxy) is 1. The number of carbonyl (C=O) groups excluding carboxylic acids is 1. The van der Waals surface area contributed by atoms with Crippen LogP contribution >= 0.6 is 0 Å². The van der Waals surface area contributed by atoms with E-state index < -0.39 is 0 Å². The van der Waals surface area contributed by atoms with Crippen molar-refractivity contribution < 1.29 is 14.1 Å². The highest BCUT2D eigenvalue weighted by Gasteiger charge is 2.62. The Kier molecular flexibility index (Phi) is 3.11. The molecule has 0 N–H and O–H groups in total. The fourth-order valence-electron chi connectivity index (χ4n) is 4.19. The van der Waals surface area contributed by atoms with Gasteiger partial charge in [0.25, 0.3) is 0 Å². The maximum absolute atomic E-state index is 12.2. The quantitative estimate of drug-likeness (QED) is 0.626. The summed E-state index contributed by atoms with van der Waals surface area (Å²) in [4.78, 5) is 12.2. The number of esters is 1. The molecular weight excluding hydrogens is 250 g/mol. The highest BCUT2D eigenvalue weighted by molar-refractivity contribution is 5.68. The molecule has 0 aromatic carbocycles. The number of fused-ring (bicyclic) bond motifs is 2. The van der Waals surface area contributed by atoms with Crippen molar-refractivity contribution in [3.8, 4) is 0 Å². The first kappa shape index (κ1) is 13.6. The van der Waals surface area contributed by atoms with E-state index in [2.05, 4.69) is 20.8 Å². The van der Waals surface area contributed by atoms with Gasteiger partial charge in [-0.25, -0.2) is 4.79 Å². The fraction of sp³-hybridized carbons (Fsp3) is 0.647. The topological polar surface area (TPSA) is 30.2 Å². The number of aromatic nitrogens is 1. The predicted octanol–water partition coefficient (Wildman–Crippen LogP) is 2.73. The van der Waals surface area contributed by atoms with Gasteiger partial charge in [-0.2, -0.15) is 4.57 Å². The molecule has 0 radical (unpaired) electrons. The van der Waals surface area contributed by atoms with Crippen molar-refractivity contribution in [1.29, 1.82) is 0 Å². The minimum atomic E-state index is -0.115. The second-order valence-electron chi connectivity index (χ2n) is 7.14. The summed E-state index contributed by atoms with van der Waals surface area (Å²) in [5.41, 5.74) is 0.437. The number of rotatable bonds is 3. The summed E-state index contributed by atoms with van der Waals surface area (Å²) >= 11 is 0. The van der Waals surface area contributed by atoms with Crippen LogP contribution in [0, 0.1) is 16.7 Å². The van der Waals surface area contributed by atoms with Gasteiger partial charge in [-0.05, 0) is 30.6 Å². The van der Waals surface area contributed by atoms with Crippen molar-refractivity contribution in [1.82, 2.24) is 0 Å². The normalized spacial score (nSPS) is 34.1. The number of pyridine rings is 1. The van der Waals surface area contributed by atoms with Crippen molar-refractivity contribution in [3.63, 3.8) is 0 Å². The zero-order chi connectivity index (χ0) is 14.4. The summed E-state index contributed by atoms with van der Waals surface area (Å²) in [7, 11) is 0. The van der Waals surface area contributed by atoms with Crippen molar-refractivity contribution in [2.45, 2.75) is 52.7 Å². The van der Waals surface area contributed by atoms with Gasteiger partial charge in [-0.1, -0.05) is 26.8 Å². The Morgan fingerprint density at radius 3 is 2.50 bits per heavy atom. The fourth-order valence-corrected chi connectivity index (χ4v) is 4.19. The van der Waals surface area contributed by atoms with E-state index in [4.69, 9.17) is 4.74 Å². The minimum absolute atomic E-state index is 0.0908. The zero-order valence-electron chi connectivity index (χ0n) is 12.6. The molecule has 1 heterocycles. The molecular formula is C17H24NO2+. The molecule has 3 heteroatoms. The molecule has 0 spiro atoms. The lowest BCUT2D eigenvalue weighted by Gasteiger charge is -2.38. The number of nitrogens with zero attached hydrogens (tertiary/aromatic N) is 1. The van der Waals surface area contributed by atoms with E-state index in [0.29, 0.717) is 12.5 Å². The molecule has 2 bridgehead atoms. The third-order valence-corrected chi connectivity index (χ3v) is 6.08. The predicted molar refractivity (Wildman–Crippen MR) is 75.7 cm³/mol. The van der Waals surface area contributed by atoms with E-state index in [1.807, 2.05) is 35.2 Å². The Labute approximate surface area is 121 Å². The van der Waals surface area contributed by atoms with Crippen molar-refractivity contribution in [3.05, 3.63) is 30.6 Å². The van der Waals surface area contributed by atoms with Crippen LogP contribution < -0.4 is 4.57 Å². The third kappa shape index (κ3) is 1.95. The molecule has 1 aromatic heterocycles. The standard InChI is InChI=1S/C17H24NO2/c1-16(2)13-7-8-17(16,3)14(11-13)20-15(19)12-18-9-5-4-6-10-18/h4-6,9-10,13-14H,7-8,11-12H2,1-3H3/q+1/t13-,14-,17-/m0/s1. The average molecular weight is 274 g/mol. The van der Waals surface area contributed by atoms with Crippen LogP contribution in [0.15, 0.2) is 30.6 Å². The molecule has 0 saturated heterocycles. The second-order valence-corrected chi connectivity index (χ2v) is 7.14. The highest BCUT2D eigenvalue weighted by Crippen LogP contribution is 2.66. The molecule has 2 fully saturated rings. The smallest absolute Gasteiger partial charge is 0.372 e. The highest BCUT2D eigenvalue weighted by atomic mass is 16.5. The van der Waals surface area contributed by atoms with Crippen molar-refractivity contribution in [2.24, 2.45) is 16.7 Å². The van der Waals surface area contributed by atoms with Gasteiger partial charge in [0.05, 0.1) is 0 Å². The summed E-state index contributed by atoms with van der Waals surface area (Å²) in [6.45, 7) is 7.28. The molecule has 108 valence electrons. The van der Waals surface area contributed by atoms with E-state index in [1.165, 1.54) is 12.8 Å². The van der Waals surface area contributed by atoms with Crippen LogP contribution in [0.1, 0.15) is 40.0 Å². The van der Waals surface area contributed by atoms with E-state index in [-0.39, 0.29) is 22.9 Å². The molecule has 20 heavy (non-hydrogen) atoms. The van der Waals surface area contributed by atoms with E-state index in [0.717, 1.165) is 6.42 Å². The van der Waals surface area contributed by atoms with Gasteiger partial charge >= 0.3 is 5.97 Å². The summed E-state index contributed by atoms with van der Waals surface area (Å²) in [5.74, 6) is 0.588. The molecule has 0 aliphatic heterocycles. The first-order chi connectivity index (χ1) is 9.43. The van der Waals surface area contributed by atoms with Gasteiger partial charge in [0.2, 0.25) is 6.54 Å². The van der Waals surface area contributed by atoms with Gasteiger partial charge < -0.3 is 4.74 Å². The van der Waals surface area contributed by atoms with Crippen LogP contribution in [0.3, 0.4) is 0 Å². The molecule has 2 aliphatic rings. The van der Waals surface area contributed by atoms with Crippen LogP contribution in [0.2, 0.25) is 0 Å². The SMILES string of the molecule is CC1(C)[C@H]2CC[C@@]1(C)[C@@H](OC(=O)C[n+]1ccccc1)C2. The van der Waals surface area contributed by atoms with E-state index >= 15 is 0 Å². The molecule has 0 amide bonds. The molecule has 1 aromatic rings. The third-order valence-electron chi connectivity index (χ3n) is 6.08. The van der Waals surface area contributed by atoms with Crippen molar-refractivity contribution in [2.75, 3.05) is 0 Å². The van der Waals surface area contributed by atoms with Crippen LogP contribution in [0.4, 0.5) is 0 Å². The number of hydrogen-bond donors (Lipinski definition) is 0. The van der Waals surface area contributed by atoms with Crippen LogP contribution in [-0.2, 0) is 16.1 Å². The molecule has 3 atom stereocenters. The summed E-state index contributed by atoms with van der Waals surface area (Å²) in [6, 6.07) is 5.80. The first-order valence-corrected chi connectivity index (χ1v) is 7.57. The zero-order valence-corrected chi connectivity index (χ0v) is 12.6. The Balaban J connectivity index is 1.66. The van der Waals surface area contributed by atoms with Crippen LogP contribution in [0.5, 0.6) is 0 Å². The second kappa shape index (κ2) is 4.57. The maximum atomic E-state index is 12.2. The van der Waals surface area contributed by atoms with Gasteiger partial charge in [0, 0.05) is 17.5 Å². The summed E-state index contributed by atoms with van der Waals surface area (Å²) < 4.78 is 7.69. The molecule has 3 nitrogen and oxygen atoms in total.